The van der Waals surface area contributed by atoms with Gasteiger partial charge in [0.25, 0.3) is 0 Å². The molecule has 0 heterocycles. The summed E-state index contributed by atoms with van der Waals surface area (Å²) in [6.07, 6.45) is 8.35. The molecular weight excluding hydrogens is 537 g/mol. The van der Waals surface area contributed by atoms with Crippen molar-refractivity contribution in [3.05, 3.63) is 35.9 Å². The van der Waals surface area contributed by atoms with Gasteiger partial charge in [-0.25, -0.2) is 4.79 Å². The number of rotatable bonds is 7. The van der Waals surface area contributed by atoms with Crippen LogP contribution >= 0.6 is 0 Å². The molecule has 3 nitrogen and oxygen atoms in total. The van der Waals surface area contributed by atoms with Crippen molar-refractivity contribution in [3.8, 4) is 0 Å². The predicted octanol–water partition coefficient (Wildman–Crippen LogP) is 9.38. The summed E-state index contributed by atoms with van der Waals surface area (Å²) in [7, 11) is 0. The van der Waals surface area contributed by atoms with Gasteiger partial charge in [-0.05, 0) is 129 Å². The Labute approximate surface area is 250 Å². The molecule has 0 amide bonds. The number of aliphatic hydroxyl groups is 1. The van der Waals surface area contributed by atoms with Crippen LogP contribution in [0, 0.1) is 52.3 Å². The maximum absolute atomic E-state index is 14.1. The zero-order valence-electron chi connectivity index (χ0n) is 25.8. The zero-order chi connectivity index (χ0) is 29.9. The minimum absolute atomic E-state index is 0.0598. The average Bonchev–Trinajstić information content (AvgIpc) is 3.57. The summed E-state index contributed by atoms with van der Waals surface area (Å²) in [4.78, 5) is 13.0. The first-order chi connectivity index (χ1) is 19.9. The number of esters is 1. The Balaban J connectivity index is 1.14. The summed E-state index contributed by atoms with van der Waals surface area (Å²) < 4.78 is 48.6. The number of hydrogen-bond donors (Lipinski definition) is 1. The van der Waals surface area contributed by atoms with Crippen molar-refractivity contribution in [1.29, 1.82) is 0 Å². The molecule has 0 spiro atoms. The van der Waals surface area contributed by atoms with Gasteiger partial charge in [-0.15, -0.1) is 0 Å². The van der Waals surface area contributed by atoms with Crippen molar-refractivity contribution in [2.75, 3.05) is 0 Å². The lowest BCUT2D eigenvalue weighted by Crippen LogP contribution is -2.50. The van der Waals surface area contributed by atoms with Crippen LogP contribution in [0.25, 0.3) is 0 Å². The highest BCUT2D eigenvalue weighted by molar-refractivity contribution is 5.89. The number of alkyl halides is 3. The maximum Gasteiger partial charge on any atom is 0.417 e. The molecular formula is C36H51F3O3. The molecule has 2 unspecified atom stereocenters. The molecule has 1 aromatic rings. The first-order valence-electron chi connectivity index (χ1n) is 16.9. The van der Waals surface area contributed by atoms with Crippen LogP contribution in [-0.4, -0.2) is 29.0 Å². The second kappa shape index (κ2) is 11.1. The third-order valence-electron chi connectivity index (χ3n) is 13.8. The standard InChI is InChI=1S/C36H51F3O3/c1-23(14-17-30(24-10-6-4-7-11-24)42-32(40)25-12-8-5-9-13-25)27-15-16-28-26-22-31-34(3,29(26)18-19-33(27,28)2)20-21-35(31,41)36(37,38)39/h5,8-9,12-13,23-24,26-31,41H,4,6-7,10-11,14-22H2,1-3H3/t23-,26+,27-,28+,29+,30?,31?,33-,34-,35+/m1/s1. The third-order valence-corrected chi connectivity index (χ3v) is 13.8. The van der Waals surface area contributed by atoms with Crippen LogP contribution in [0.3, 0.4) is 0 Å². The van der Waals surface area contributed by atoms with Gasteiger partial charge in [0.2, 0.25) is 0 Å². The van der Waals surface area contributed by atoms with E-state index >= 15 is 0 Å². The lowest BCUT2D eigenvalue weighted by atomic mass is 9.54. The molecule has 1 aromatic carbocycles. The fourth-order valence-electron chi connectivity index (χ4n) is 11.6. The van der Waals surface area contributed by atoms with E-state index in [1.165, 1.54) is 19.3 Å². The summed E-state index contributed by atoms with van der Waals surface area (Å²) in [6.45, 7) is 6.86. The van der Waals surface area contributed by atoms with Crippen molar-refractivity contribution in [2.45, 2.75) is 129 Å². The molecule has 6 rings (SSSR count). The number of fused-ring (bicyclic) bond motifs is 5. The quantitative estimate of drug-likeness (QED) is 0.323. The number of carbonyl (C=O) groups is 1. The van der Waals surface area contributed by atoms with Crippen molar-refractivity contribution in [3.63, 3.8) is 0 Å². The summed E-state index contributed by atoms with van der Waals surface area (Å²) >= 11 is 0. The summed E-state index contributed by atoms with van der Waals surface area (Å²) in [6, 6.07) is 9.32. The van der Waals surface area contributed by atoms with Crippen LogP contribution in [-0.2, 0) is 4.74 Å². The van der Waals surface area contributed by atoms with E-state index < -0.39 is 23.1 Å². The minimum atomic E-state index is -4.56. The molecule has 0 bridgehead atoms. The van der Waals surface area contributed by atoms with Gasteiger partial charge in [0, 0.05) is 5.92 Å². The fourth-order valence-corrected chi connectivity index (χ4v) is 11.6. The third kappa shape index (κ3) is 4.94. The number of hydrogen-bond acceptors (Lipinski definition) is 3. The summed E-state index contributed by atoms with van der Waals surface area (Å²) in [5.74, 6) is 1.56. The second-order valence-corrected chi connectivity index (χ2v) is 15.6. The van der Waals surface area contributed by atoms with Gasteiger partial charge in [0.15, 0.2) is 5.60 Å². The summed E-state index contributed by atoms with van der Waals surface area (Å²) in [5, 5.41) is 11.0. The van der Waals surface area contributed by atoms with E-state index in [0.29, 0.717) is 48.0 Å². The Hall–Kier alpha value is -1.56. The molecule has 0 radical (unpaired) electrons. The molecule has 5 saturated carbocycles. The molecule has 234 valence electrons. The Bertz CT molecular complexity index is 1120. The SMILES string of the molecule is C[C@H](CCC(OC(=O)c1ccccc1)C1CCCCC1)[C@H]1CC[C@H]2[C@@H]3CC4[C@](C)(CC[C@@]4(O)C(F)(F)F)[C@H]3CC[C@]12C. The Morgan fingerprint density at radius 3 is 2.31 bits per heavy atom. The molecule has 5 aliphatic rings. The van der Waals surface area contributed by atoms with E-state index in [2.05, 4.69) is 20.8 Å². The van der Waals surface area contributed by atoms with Crippen LogP contribution in [0.4, 0.5) is 13.2 Å². The lowest BCUT2D eigenvalue weighted by Gasteiger charge is -2.50. The van der Waals surface area contributed by atoms with Crippen molar-refractivity contribution < 1.29 is 27.8 Å². The molecule has 10 atom stereocenters. The van der Waals surface area contributed by atoms with E-state index in [1.54, 1.807) is 0 Å². The normalized spacial score (nSPS) is 41.5. The van der Waals surface area contributed by atoms with E-state index in [4.69, 9.17) is 4.74 Å². The van der Waals surface area contributed by atoms with Gasteiger partial charge in [0.1, 0.15) is 6.10 Å². The Morgan fingerprint density at radius 1 is 0.929 bits per heavy atom. The lowest BCUT2D eigenvalue weighted by molar-refractivity contribution is -0.276. The molecule has 5 fully saturated rings. The molecule has 42 heavy (non-hydrogen) atoms. The smallest absolute Gasteiger partial charge is 0.417 e. The van der Waals surface area contributed by atoms with Crippen LogP contribution < -0.4 is 0 Å². The second-order valence-electron chi connectivity index (χ2n) is 15.6. The van der Waals surface area contributed by atoms with Gasteiger partial charge in [-0.1, -0.05) is 58.2 Å². The van der Waals surface area contributed by atoms with Crippen LogP contribution in [0.15, 0.2) is 30.3 Å². The molecule has 1 N–H and O–H groups in total. The van der Waals surface area contributed by atoms with Gasteiger partial charge in [-0.3, -0.25) is 0 Å². The van der Waals surface area contributed by atoms with Crippen LogP contribution in [0.2, 0.25) is 0 Å². The highest BCUT2D eigenvalue weighted by atomic mass is 19.4. The predicted molar refractivity (Wildman–Crippen MR) is 158 cm³/mol. The Morgan fingerprint density at radius 2 is 1.62 bits per heavy atom. The zero-order valence-corrected chi connectivity index (χ0v) is 25.8. The van der Waals surface area contributed by atoms with Crippen molar-refractivity contribution in [2.24, 2.45) is 52.3 Å². The average molecular weight is 589 g/mol. The van der Waals surface area contributed by atoms with Gasteiger partial charge in [-0.2, -0.15) is 13.2 Å². The van der Waals surface area contributed by atoms with Gasteiger partial charge in [0.05, 0.1) is 5.56 Å². The van der Waals surface area contributed by atoms with Crippen LogP contribution in [0.1, 0.15) is 121 Å². The van der Waals surface area contributed by atoms with Crippen molar-refractivity contribution >= 4 is 5.97 Å². The summed E-state index contributed by atoms with van der Waals surface area (Å²) in [5.41, 5.74) is -2.18. The molecule has 0 saturated heterocycles. The highest BCUT2D eigenvalue weighted by Gasteiger charge is 2.73. The monoisotopic (exact) mass is 588 g/mol. The van der Waals surface area contributed by atoms with Crippen LogP contribution in [0.5, 0.6) is 0 Å². The topological polar surface area (TPSA) is 46.5 Å². The Kier molecular flexibility index (Phi) is 8.06. The highest BCUT2D eigenvalue weighted by Crippen LogP contribution is 2.73. The minimum Gasteiger partial charge on any atom is -0.458 e. The molecule has 6 heteroatoms. The van der Waals surface area contributed by atoms with Gasteiger partial charge >= 0.3 is 12.1 Å². The largest absolute Gasteiger partial charge is 0.458 e. The van der Waals surface area contributed by atoms with E-state index in [0.717, 1.165) is 51.4 Å². The molecule has 5 aliphatic carbocycles. The number of benzene rings is 1. The fraction of sp³-hybridized carbons (Fsp3) is 0.806. The van der Waals surface area contributed by atoms with E-state index in [9.17, 15) is 23.1 Å². The van der Waals surface area contributed by atoms with E-state index in [-0.39, 0.29) is 29.8 Å². The maximum atomic E-state index is 14.1. The molecule has 0 aromatic heterocycles. The van der Waals surface area contributed by atoms with E-state index in [1.807, 2.05) is 30.3 Å². The first kappa shape index (κ1) is 30.5. The number of carbonyl (C=O) groups excluding carboxylic acids is 1. The first-order valence-corrected chi connectivity index (χ1v) is 16.9. The number of ether oxygens (including phenoxy) is 1. The van der Waals surface area contributed by atoms with Gasteiger partial charge < -0.3 is 9.84 Å². The molecule has 0 aliphatic heterocycles. The van der Waals surface area contributed by atoms with Crippen molar-refractivity contribution in [1.82, 2.24) is 0 Å². The number of halogens is 3.